The number of aromatic nitrogens is 1. The van der Waals surface area contributed by atoms with Crippen molar-refractivity contribution in [2.75, 3.05) is 53.8 Å². The van der Waals surface area contributed by atoms with E-state index in [4.69, 9.17) is 9.47 Å². The number of benzene rings is 3. The van der Waals surface area contributed by atoms with Crippen LogP contribution in [0.1, 0.15) is 33.7 Å². The third kappa shape index (κ3) is 5.96. The number of amides is 2. The summed E-state index contributed by atoms with van der Waals surface area (Å²) in [4.78, 5) is 32.2. The van der Waals surface area contributed by atoms with E-state index in [2.05, 4.69) is 20.5 Å². The molecule has 0 atom stereocenters. The van der Waals surface area contributed by atoms with Crippen molar-refractivity contribution < 1.29 is 19.1 Å². The molecular weight excluding hydrogens is 518 g/mol. The van der Waals surface area contributed by atoms with Crippen LogP contribution in [0.3, 0.4) is 0 Å². The molecule has 0 radical (unpaired) electrons. The summed E-state index contributed by atoms with van der Waals surface area (Å²) < 4.78 is 11.6. The lowest BCUT2D eigenvalue weighted by Gasteiger charge is -2.38. The average Bonchev–Trinajstić information content (AvgIpc) is 3.72. The highest BCUT2D eigenvalue weighted by Gasteiger charge is 2.39. The number of ether oxygens (including phenoxy) is 2. The summed E-state index contributed by atoms with van der Waals surface area (Å²) in [6, 6.07) is 26.4. The minimum absolute atomic E-state index is 0.102. The molecule has 9 nitrogen and oxygen atoms in total. The summed E-state index contributed by atoms with van der Waals surface area (Å²) in [5.74, 6) is -0.654. The fraction of sp³-hybridized carbons (Fsp3) is 0.250. The van der Waals surface area contributed by atoms with Gasteiger partial charge in [-0.05, 0) is 84.9 Å². The molecule has 2 saturated heterocycles. The SMILES string of the molecule is CN(C(=O)c1ccc[nH]1)c1ccc(Nc2ccc(NC(=O)c3ccc(N4CCC5(CC4)OCCO5)cc3)cc2)cc1. The molecule has 2 amide bonds. The van der Waals surface area contributed by atoms with E-state index in [1.807, 2.05) is 72.8 Å². The number of rotatable bonds is 7. The Morgan fingerprint density at radius 2 is 1.44 bits per heavy atom. The van der Waals surface area contributed by atoms with Gasteiger partial charge in [-0.25, -0.2) is 0 Å². The summed E-state index contributed by atoms with van der Waals surface area (Å²) in [6.07, 6.45) is 3.42. The Labute approximate surface area is 239 Å². The van der Waals surface area contributed by atoms with E-state index in [-0.39, 0.29) is 11.8 Å². The Hall–Kier alpha value is -4.60. The van der Waals surface area contributed by atoms with Crippen LogP contribution in [0, 0.1) is 0 Å². The minimum Gasteiger partial charge on any atom is -0.371 e. The van der Waals surface area contributed by atoms with Crippen molar-refractivity contribution in [3.63, 3.8) is 0 Å². The molecule has 9 heteroatoms. The van der Waals surface area contributed by atoms with E-state index in [0.717, 1.165) is 48.7 Å². The molecule has 210 valence electrons. The van der Waals surface area contributed by atoms with Gasteiger partial charge in [0.05, 0.1) is 13.2 Å². The van der Waals surface area contributed by atoms with Gasteiger partial charge in [-0.2, -0.15) is 0 Å². The van der Waals surface area contributed by atoms with Crippen molar-refractivity contribution >= 4 is 40.3 Å². The largest absolute Gasteiger partial charge is 0.371 e. The van der Waals surface area contributed by atoms with Crippen LogP contribution in [0.5, 0.6) is 0 Å². The lowest BCUT2D eigenvalue weighted by Crippen LogP contribution is -2.45. The normalized spacial score (nSPS) is 16.0. The molecule has 1 aromatic heterocycles. The number of anilines is 5. The zero-order valence-corrected chi connectivity index (χ0v) is 22.9. The molecule has 0 aliphatic carbocycles. The van der Waals surface area contributed by atoms with Crippen LogP contribution in [0.4, 0.5) is 28.4 Å². The molecule has 2 aliphatic rings. The highest BCUT2D eigenvalue weighted by molar-refractivity contribution is 6.05. The van der Waals surface area contributed by atoms with Crippen LogP contribution in [0.2, 0.25) is 0 Å². The lowest BCUT2D eigenvalue weighted by atomic mass is 10.0. The topological polar surface area (TPSA) is 98.9 Å². The summed E-state index contributed by atoms with van der Waals surface area (Å²) in [5.41, 5.74) is 5.51. The van der Waals surface area contributed by atoms with E-state index >= 15 is 0 Å². The molecule has 4 aromatic rings. The van der Waals surface area contributed by atoms with Gasteiger partial charge in [-0.1, -0.05) is 0 Å². The number of piperidine rings is 1. The first-order chi connectivity index (χ1) is 20.0. The lowest BCUT2D eigenvalue weighted by molar-refractivity contribution is -0.169. The summed E-state index contributed by atoms with van der Waals surface area (Å²) >= 11 is 0. The smallest absolute Gasteiger partial charge is 0.274 e. The van der Waals surface area contributed by atoms with Crippen LogP contribution in [0.15, 0.2) is 91.1 Å². The van der Waals surface area contributed by atoms with E-state index in [1.54, 1.807) is 30.3 Å². The van der Waals surface area contributed by atoms with Gasteiger partial charge in [0.2, 0.25) is 0 Å². The van der Waals surface area contributed by atoms with Gasteiger partial charge < -0.3 is 34.9 Å². The zero-order valence-electron chi connectivity index (χ0n) is 22.9. The van der Waals surface area contributed by atoms with E-state index in [9.17, 15) is 9.59 Å². The van der Waals surface area contributed by atoms with Gasteiger partial charge in [0, 0.05) is 73.2 Å². The van der Waals surface area contributed by atoms with E-state index in [1.165, 1.54) is 0 Å². The molecule has 3 heterocycles. The highest BCUT2D eigenvalue weighted by atomic mass is 16.7. The molecule has 2 aliphatic heterocycles. The fourth-order valence-corrected chi connectivity index (χ4v) is 5.25. The predicted molar refractivity (Wildman–Crippen MR) is 160 cm³/mol. The number of H-pyrrole nitrogens is 1. The van der Waals surface area contributed by atoms with Crippen LogP contribution in [-0.2, 0) is 9.47 Å². The Morgan fingerprint density at radius 1 is 0.829 bits per heavy atom. The van der Waals surface area contributed by atoms with Gasteiger partial charge in [-0.3, -0.25) is 9.59 Å². The Kier molecular flexibility index (Phi) is 7.45. The third-order valence-corrected chi connectivity index (χ3v) is 7.65. The van der Waals surface area contributed by atoms with Crippen molar-refractivity contribution in [3.8, 4) is 0 Å². The van der Waals surface area contributed by atoms with Gasteiger partial charge in [0.15, 0.2) is 5.79 Å². The molecule has 1 spiro atoms. The summed E-state index contributed by atoms with van der Waals surface area (Å²) in [5, 5.41) is 6.32. The number of carbonyl (C=O) groups is 2. The highest BCUT2D eigenvalue weighted by Crippen LogP contribution is 2.33. The number of hydrogen-bond acceptors (Lipinski definition) is 6. The molecule has 0 unspecified atom stereocenters. The van der Waals surface area contributed by atoms with E-state index < -0.39 is 5.79 Å². The molecular formula is C32H33N5O4. The maximum Gasteiger partial charge on any atom is 0.274 e. The number of hydrogen-bond donors (Lipinski definition) is 3. The van der Waals surface area contributed by atoms with Crippen molar-refractivity contribution in [3.05, 3.63) is 102 Å². The van der Waals surface area contributed by atoms with Gasteiger partial charge >= 0.3 is 0 Å². The van der Waals surface area contributed by atoms with E-state index in [0.29, 0.717) is 30.2 Å². The van der Waals surface area contributed by atoms with Crippen LogP contribution in [0.25, 0.3) is 0 Å². The molecule has 6 rings (SSSR count). The maximum absolute atomic E-state index is 12.9. The van der Waals surface area contributed by atoms with Crippen LogP contribution in [-0.4, -0.2) is 55.9 Å². The first-order valence-electron chi connectivity index (χ1n) is 13.8. The Balaban J connectivity index is 1.01. The monoisotopic (exact) mass is 551 g/mol. The standard InChI is InChI=1S/C32H33N5O4/c1-36(31(39)29-3-2-18-33-29)27-14-10-25(11-15-27)34-24-6-8-26(9-7-24)35-30(38)23-4-12-28(13-5-23)37-19-16-32(17-20-37)40-21-22-41-32/h2-15,18,33-34H,16-17,19-22H2,1H3,(H,35,38). The summed E-state index contributed by atoms with van der Waals surface area (Å²) in [7, 11) is 1.75. The zero-order chi connectivity index (χ0) is 28.2. The second kappa shape index (κ2) is 11.5. The summed E-state index contributed by atoms with van der Waals surface area (Å²) in [6.45, 7) is 3.07. The van der Waals surface area contributed by atoms with Crippen molar-refractivity contribution in [1.29, 1.82) is 0 Å². The Morgan fingerprint density at radius 3 is 2.05 bits per heavy atom. The van der Waals surface area contributed by atoms with Crippen molar-refractivity contribution in [2.24, 2.45) is 0 Å². The Bertz CT molecular complexity index is 1470. The minimum atomic E-state index is -0.395. The first kappa shape index (κ1) is 26.6. The maximum atomic E-state index is 12.9. The molecule has 3 aromatic carbocycles. The fourth-order valence-electron chi connectivity index (χ4n) is 5.25. The van der Waals surface area contributed by atoms with Gasteiger partial charge in [0.1, 0.15) is 5.69 Å². The number of nitrogens with zero attached hydrogens (tertiary/aromatic N) is 2. The number of nitrogens with one attached hydrogen (secondary N) is 3. The third-order valence-electron chi connectivity index (χ3n) is 7.65. The molecule has 0 bridgehead atoms. The van der Waals surface area contributed by atoms with Gasteiger partial charge in [-0.15, -0.1) is 0 Å². The molecule has 41 heavy (non-hydrogen) atoms. The molecule has 3 N–H and O–H groups in total. The predicted octanol–water partition coefficient (Wildman–Crippen LogP) is 5.63. The van der Waals surface area contributed by atoms with Crippen molar-refractivity contribution in [1.82, 2.24) is 4.98 Å². The van der Waals surface area contributed by atoms with Crippen LogP contribution < -0.4 is 20.4 Å². The van der Waals surface area contributed by atoms with Crippen LogP contribution >= 0.6 is 0 Å². The molecule has 0 saturated carbocycles. The number of carbonyl (C=O) groups excluding carboxylic acids is 2. The second-order valence-corrected chi connectivity index (χ2v) is 10.3. The quantitative estimate of drug-likeness (QED) is 0.275. The van der Waals surface area contributed by atoms with Gasteiger partial charge in [0.25, 0.3) is 11.8 Å². The number of aromatic amines is 1. The van der Waals surface area contributed by atoms with Crippen molar-refractivity contribution in [2.45, 2.75) is 18.6 Å². The first-order valence-corrected chi connectivity index (χ1v) is 13.8. The molecule has 2 fully saturated rings. The second-order valence-electron chi connectivity index (χ2n) is 10.3. The average molecular weight is 552 g/mol.